The second-order valence-electron chi connectivity index (χ2n) is 8.24. The molecule has 0 unspecified atom stereocenters. The normalized spacial score (nSPS) is 14.1. The second-order valence-corrected chi connectivity index (χ2v) is 8.24. The Balaban J connectivity index is 1.64. The predicted molar refractivity (Wildman–Crippen MR) is 130 cm³/mol. The number of aryl methyl sites for hydroxylation is 2. The van der Waals surface area contributed by atoms with Crippen LogP contribution in [0.25, 0.3) is 22.3 Å². The average Bonchev–Trinajstić information content (AvgIpc) is 3.25. The number of fused-ring (bicyclic) bond motifs is 6. The van der Waals surface area contributed by atoms with Gasteiger partial charge in [-0.2, -0.15) is 5.10 Å². The quantitative estimate of drug-likeness (QED) is 0.377. The molecule has 0 atom stereocenters. The number of hydrogen-bond acceptors (Lipinski definition) is 3. The number of amidine groups is 1. The van der Waals surface area contributed by atoms with Gasteiger partial charge in [0.15, 0.2) is 5.84 Å². The number of hydrogen-bond donors (Lipinski definition) is 0. The summed E-state index contributed by atoms with van der Waals surface area (Å²) in [5, 5.41) is 7.24. The molecule has 0 aliphatic carbocycles. The smallest absolute Gasteiger partial charge is 0.163 e. The van der Waals surface area contributed by atoms with Gasteiger partial charge in [-0.1, -0.05) is 72.8 Å². The van der Waals surface area contributed by atoms with Crippen molar-refractivity contribution in [2.24, 2.45) is 5.10 Å². The molecule has 0 bridgehead atoms. The minimum absolute atomic E-state index is 0.705. The lowest BCUT2D eigenvalue weighted by molar-refractivity contribution is 0.912. The molecule has 0 spiro atoms. The van der Waals surface area contributed by atoms with Crippen LogP contribution in [0.15, 0.2) is 96.1 Å². The third kappa shape index (κ3) is 2.70. The van der Waals surface area contributed by atoms with E-state index < -0.39 is 0 Å². The van der Waals surface area contributed by atoms with E-state index >= 15 is 0 Å². The fourth-order valence-corrected chi connectivity index (χ4v) is 4.92. The molecule has 3 heteroatoms. The zero-order chi connectivity index (χ0) is 20.9. The highest BCUT2D eigenvalue weighted by atomic mass is 15.6. The Bertz CT molecular complexity index is 1320. The van der Waals surface area contributed by atoms with E-state index in [-0.39, 0.29) is 0 Å². The number of hydrazone groups is 1. The third-order valence-corrected chi connectivity index (χ3v) is 6.32. The summed E-state index contributed by atoms with van der Waals surface area (Å²) in [6.45, 7) is 5.10. The molecular weight excluding hydrogens is 378 g/mol. The molecule has 150 valence electrons. The highest BCUT2D eigenvalue weighted by Gasteiger charge is 2.35. The van der Waals surface area contributed by atoms with E-state index in [0.29, 0.717) is 6.67 Å². The summed E-state index contributed by atoms with van der Waals surface area (Å²) in [6, 6.07) is 32.3. The first kappa shape index (κ1) is 18.0. The van der Waals surface area contributed by atoms with Crippen LogP contribution in [0, 0.1) is 13.8 Å². The van der Waals surface area contributed by atoms with E-state index in [1.807, 2.05) is 6.07 Å². The number of benzene rings is 4. The fraction of sp³-hybridized carbons (Fsp3) is 0.107. The van der Waals surface area contributed by atoms with Crippen molar-refractivity contribution < 1.29 is 0 Å². The SMILES string of the molecule is Cc1cccc(C)c1-c1cccc2c1C1=NN(c3ccccc3)CN1c1ccccc1-2. The molecule has 0 radical (unpaired) electrons. The molecule has 0 N–H and O–H groups in total. The molecule has 0 amide bonds. The average molecular weight is 402 g/mol. The van der Waals surface area contributed by atoms with Crippen LogP contribution in [0.2, 0.25) is 0 Å². The molecule has 4 aromatic carbocycles. The Morgan fingerprint density at radius 1 is 0.613 bits per heavy atom. The predicted octanol–water partition coefficient (Wildman–Crippen LogP) is 6.60. The van der Waals surface area contributed by atoms with Gasteiger partial charge in [0.25, 0.3) is 0 Å². The van der Waals surface area contributed by atoms with Crippen molar-refractivity contribution in [3.63, 3.8) is 0 Å². The number of anilines is 2. The van der Waals surface area contributed by atoms with Crippen molar-refractivity contribution in [3.05, 3.63) is 108 Å². The summed E-state index contributed by atoms with van der Waals surface area (Å²) in [5.41, 5.74) is 11.2. The van der Waals surface area contributed by atoms with Crippen LogP contribution in [0.5, 0.6) is 0 Å². The highest BCUT2D eigenvalue weighted by molar-refractivity contribution is 6.23. The van der Waals surface area contributed by atoms with Gasteiger partial charge >= 0.3 is 0 Å². The van der Waals surface area contributed by atoms with Crippen molar-refractivity contribution in [2.45, 2.75) is 13.8 Å². The van der Waals surface area contributed by atoms with Gasteiger partial charge in [0, 0.05) is 11.1 Å². The summed E-state index contributed by atoms with van der Waals surface area (Å²) in [5.74, 6) is 1.02. The summed E-state index contributed by atoms with van der Waals surface area (Å²) < 4.78 is 0. The Morgan fingerprint density at radius 3 is 2.06 bits per heavy atom. The molecule has 0 saturated carbocycles. The number of nitrogens with zero attached hydrogens (tertiary/aromatic N) is 3. The van der Waals surface area contributed by atoms with Crippen molar-refractivity contribution in [2.75, 3.05) is 16.6 Å². The lowest BCUT2D eigenvalue weighted by Crippen LogP contribution is -2.34. The van der Waals surface area contributed by atoms with Gasteiger partial charge in [0.2, 0.25) is 0 Å². The van der Waals surface area contributed by atoms with Crippen molar-refractivity contribution in [1.29, 1.82) is 0 Å². The standard InChI is InChI=1S/C28H23N3/c1-19-10-8-11-20(2)26(19)24-16-9-15-23-22-14-6-7-17-25(22)30-18-31(29-28(30)27(23)24)21-12-4-3-5-13-21/h3-17H,18H2,1-2H3. The van der Waals surface area contributed by atoms with E-state index in [2.05, 4.69) is 109 Å². The van der Waals surface area contributed by atoms with Gasteiger partial charge in [0.05, 0.1) is 11.4 Å². The Morgan fingerprint density at radius 2 is 1.26 bits per heavy atom. The number of para-hydroxylation sites is 2. The molecule has 2 aliphatic heterocycles. The summed E-state index contributed by atoms with van der Waals surface area (Å²) in [7, 11) is 0. The van der Waals surface area contributed by atoms with Gasteiger partial charge in [-0.25, -0.2) is 5.01 Å². The van der Waals surface area contributed by atoms with Crippen molar-refractivity contribution in [3.8, 4) is 22.3 Å². The van der Waals surface area contributed by atoms with Gasteiger partial charge < -0.3 is 4.90 Å². The second kappa shape index (κ2) is 6.85. The molecule has 4 aromatic rings. The number of rotatable bonds is 2. The highest BCUT2D eigenvalue weighted by Crippen LogP contribution is 2.45. The minimum Gasteiger partial charge on any atom is -0.304 e. The zero-order valence-corrected chi connectivity index (χ0v) is 17.7. The van der Waals surface area contributed by atoms with E-state index in [9.17, 15) is 0 Å². The van der Waals surface area contributed by atoms with Crippen LogP contribution in [0.4, 0.5) is 11.4 Å². The molecule has 0 saturated heterocycles. The minimum atomic E-state index is 0.705. The van der Waals surface area contributed by atoms with Crippen LogP contribution in [0.1, 0.15) is 16.7 Å². The van der Waals surface area contributed by atoms with Gasteiger partial charge in [-0.05, 0) is 59.9 Å². The Labute approximate surface area is 182 Å². The monoisotopic (exact) mass is 401 g/mol. The first-order valence-electron chi connectivity index (χ1n) is 10.7. The maximum atomic E-state index is 5.14. The van der Waals surface area contributed by atoms with Crippen molar-refractivity contribution >= 4 is 17.2 Å². The summed E-state index contributed by atoms with van der Waals surface area (Å²) >= 11 is 0. The lowest BCUT2D eigenvalue weighted by Gasteiger charge is -2.31. The van der Waals surface area contributed by atoms with Crippen LogP contribution in [0.3, 0.4) is 0 Å². The molecular formula is C28H23N3. The maximum Gasteiger partial charge on any atom is 0.163 e. The van der Waals surface area contributed by atoms with E-state index in [0.717, 1.165) is 11.5 Å². The fourth-order valence-electron chi connectivity index (χ4n) is 4.92. The van der Waals surface area contributed by atoms with E-state index in [1.54, 1.807) is 0 Å². The third-order valence-electron chi connectivity index (χ3n) is 6.32. The first-order chi connectivity index (χ1) is 15.2. The molecule has 2 heterocycles. The summed E-state index contributed by atoms with van der Waals surface area (Å²) in [6.07, 6.45) is 0. The van der Waals surface area contributed by atoms with Gasteiger partial charge in [-0.15, -0.1) is 0 Å². The molecule has 6 rings (SSSR count). The summed E-state index contributed by atoms with van der Waals surface area (Å²) in [4.78, 5) is 2.35. The molecule has 3 nitrogen and oxygen atoms in total. The Hall–Kier alpha value is -3.85. The van der Waals surface area contributed by atoms with Crippen LogP contribution >= 0.6 is 0 Å². The Kier molecular flexibility index (Phi) is 3.97. The van der Waals surface area contributed by atoms with Gasteiger partial charge in [0.1, 0.15) is 6.67 Å². The molecule has 31 heavy (non-hydrogen) atoms. The zero-order valence-electron chi connectivity index (χ0n) is 17.7. The van der Waals surface area contributed by atoms with Gasteiger partial charge in [-0.3, -0.25) is 0 Å². The van der Waals surface area contributed by atoms with E-state index in [1.165, 1.54) is 44.6 Å². The van der Waals surface area contributed by atoms with E-state index in [4.69, 9.17) is 5.10 Å². The lowest BCUT2D eigenvalue weighted by atomic mass is 9.85. The van der Waals surface area contributed by atoms with Crippen LogP contribution in [-0.4, -0.2) is 12.5 Å². The van der Waals surface area contributed by atoms with Crippen molar-refractivity contribution in [1.82, 2.24) is 0 Å². The largest absolute Gasteiger partial charge is 0.304 e. The maximum absolute atomic E-state index is 5.14. The molecule has 0 fully saturated rings. The van der Waals surface area contributed by atoms with Crippen LogP contribution in [-0.2, 0) is 0 Å². The molecule has 0 aromatic heterocycles. The van der Waals surface area contributed by atoms with Crippen LogP contribution < -0.4 is 9.91 Å². The topological polar surface area (TPSA) is 18.8 Å². The molecule has 2 aliphatic rings. The first-order valence-corrected chi connectivity index (χ1v) is 10.7.